The van der Waals surface area contributed by atoms with Gasteiger partial charge in [0.15, 0.2) is 0 Å². The van der Waals surface area contributed by atoms with Crippen LogP contribution in [0.4, 0.5) is 5.69 Å². The van der Waals surface area contributed by atoms with Gasteiger partial charge in [-0.15, -0.1) is 11.3 Å². The topological polar surface area (TPSA) is 47.3 Å². The molecule has 1 aromatic heterocycles. The molecule has 4 heteroatoms. The van der Waals surface area contributed by atoms with E-state index in [0.717, 1.165) is 30.1 Å². The highest BCUT2D eigenvalue weighted by molar-refractivity contribution is 7.10. The fourth-order valence-corrected chi connectivity index (χ4v) is 2.43. The molecule has 17 heavy (non-hydrogen) atoms. The molecule has 1 rings (SSSR count). The molecule has 0 saturated carbocycles. The number of thiophene rings is 1. The van der Waals surface area contributed by atoms with Crippen LogP contribution in [0.5, 0.6) is 0 Å². The molecule has 0 aliphatic carbocycles. The van der Waals surface area contributed by atoms with Gasteiger partial charge in [-0.3, -0.25) is 0 Å². The van der Waals surface area contributed by atoms with Gasteiger partial charge in [-0.2, -0.15) is 0 Å². The molecule has 0 radical (unpaired) electrons. The molecule has 1 aromatic rings. The monoisotopic (exact) mass is 254 g/mol. The summed E-state index contributed by atoms with van der Waals surface area (Å²) in [4.78, 5) is 1.20. The summed E-state index contributed by atoms with van der Waals surface area (Å²) in [6, 6.07) is 0. The lowest BCUT2D eigenvalue weighted by atomic mass is 10.2. The van der Waals surface area contributed by atoms with Gasteiger partial charge in [-0.25, -0.2) is 0 Å². The van der Waals surface area contributed by atoms with Crippen molar-refractivity contribution in [1.29, 1.82) is 0 Å². The quantitative estimate of drug-likeness (QED) is 0.767. The van der Waals surface area contributed by atoms with E-state index in [-0.39, 0.29) is 0 Å². The van der Waals surface area contributed by atoms with Crippen LogP contribution in [0.1, 0.15) is 24.3 Å². The molecule has 0 aliphatic heterocycles. The zero-order valence-corrected chi connectivity index (χ0v) is 11.9. The molecular formula is C13H22N2OS. The standard InChI is InChI=1S/C13H22N2OS/c1-9(2)5-11(16-4)6-15-7-12-13(14)10(3)8-17-12/h5,8-9,15H,6-7,14H2,1-4H3/b11-5-. The van der Waals surface area contributed by atoms with Crippen LogP contribution < -0.4 is 11.1 Å². The number of anilines is 1. The van der Waals surface area contributed by atoms with Crippen molar-refractivity contribution in [1.82, 2.24) is 5.32 Å². The van der Waals surface area contributed by atoms with Gasteiger partial charge in [0.2, 0.25) is 0 Å². The molecule has 1 heterocycles. The summed E-state index contributed by atoms with van der Waals surface area (Å²) in [5, 5.41) is 5.44. The van der Waals surface area contributed by atoms with Crippen molar-refractivity contribution >= 4 is 17.0 Å². The molecule has 0 spiro atoms. The van der Waals surface area contributed by atoms with Crippen LogP contribution in [-0.2, 0) is 11.3 Å². The Morgan fingerprint density at radius 3 is 2.76 bits per heavy atom. The first kappa shape index (κ1) is 14.1. The molecule has 0 saturated heterocycles. The maximum absolute atomic E-state index is 5.96. The third-order valence-corrected chi connectivity index (χ3v) is 3.59. The van der Waals surface area contributed by atoms with Crippen LogP contribution in [0.2, 0.25) is 0 Å². The predicted octanol–water partition coefficient (Wildman–Crippen LogP) is 2.91. The van der Waals surface area contributed by atoms with E-state index in [2.05, 4.69) is 30.6 Å². The van der Waals surface area contributed by atoms with Crippen molar-refractivity contribution in [3.63, 3.8) is 0 Å². The van der Waals surface area contributed by atoms with Crippen molar-refractivity contribution in [2.45, 2.75) is 27.3 Å². The van der Waals surface area contributed by atoms with Gasteiger partial charge in [0.1, 0.15) is 5.76 Å². The van der Waals surface area contributed by atoms with E-state index in [1.807, 2.05) is 6.92 Å². The molecule has 0 fully saturated rings. The number of hydrogen-bond donors (Lipinski definition) is 2. The van der Waals surface area contributed by atoms with Crippen LogP contribution in [0.25, 0.3) is 0 Å². The summed E-state index contributed by atoms with van der Waals surface area (Å²) in [7, 11) is 1.71. The lowest BCUT2D eigenvalue weighted by molar-refractivity contribution is 0.276. The fraction of sp³-hybridized carbons (Fsp3) is 0.538. The van der Waals surface area contributed by atoms with Gasteiger partial charge in [0.25, 0.3) is 0 Å². The molecule has 3 N–H and O–H groups in total. The molecule has 0 amide bonds. The van der Waals surface area contributed by atoms with Gasteiger partial charge in [0.05, 0.1) is 13.7 Å². The molecule has 0 unspecified atom stereocenters. The van der Waals surface area contributed by atoms with Crippen molar-refractivity contribution in [3.05, 3.63) is 27.7 Å². The van der Waals surface area contributed by atoms with E-state index in [0.29, 0.717) is 5.92 Å². The number of methoxy groups -OCH3 is 1. The second kappa shape index (κ2) is 6.67. The van der Waals surface area contributed by atoms with E-state index >= 15 is 0 Å². The number of hydrogen-bond acceptors (Lipinski definition) is 4. The van der Waals surface area contributed by atoms with Crippen molar-refractivity contribution in [3.8, 4) is 0 Å². The minimum atomic E-state index is 0.501. The lowest BCUT2D eigenvalue weighted by Gasteiger charge is -2.09. The van der Waals surface area contributed by atoms with Crippen LogP contribution in [0.15, 0.2) is 17.2 Å². The highest BCUT2D eigenvalue weighted by Crippen LogP contribution is 2.23. The Hall–Kier alpha value is -1.00. The summed E-state index contributed by atoms with van der Waals surface area (Å²) >= 11 is 1.70. The Kier molecular flexibility index (Phi) is 5.51. The van der Waals surface area contributed by atoms with Crippen molar-refractivity contribution in [2.75, 3.05) is 19.4 Å². The summed E-state index contributed by atoms with van der Waals surface area (Å²) in [5.41, 5.74) is 8.03. The average molecular weight is 254 g/mol. The minimum absolute atomic E-state index is 0.501. The molecule has 96 valence electrons. The SMILES string of the molecule is CO/C(=C\C(C)C)CNCc1scc(C)c1N. The molecule has 0 aliphatic rings. The van der Waals surface area contributed by atoms with Crippen LogP contribution in [-0.4, -0.2) is 13.7 Å². The minimum Gasteiger partial charge on any atom is -0.500 e. The zero-order chi connectivity index (χ0) is 12.8. The normalized spacial score (nSPS) is 12.2. The smallest absolute Gasteiger partial charge is 0.106 e. The van der Waals surface area contributed by atoms with Crippen molar-refractivity contribution in [2.24, 2.45) is 5.92 Å². The number of rotatable bonds is 6. The van der Waals surface area contributed by atoms with E-state index in [4.69, 9.17) is 10.5 Å². The molecule has 0 bridgehead atoms. The fourth-order valence-electron chi connectivity index (χ4n) is 1.51. The highest BCUT2D eigenvalue weighted by Gasteiger charge is 2.05. The first-order valence-electron chi connectivity index (χ1n) is 5.82. The summed E-state index contributed by atoms with van der Waals surface area (Å²) in [5.74, 6) is 1.48. The maximum atomic E-state index is 5.96. The van der Waals surface area contributed by atoms with E-state index < -0.39 is 0 Å². The Morgan fingerprint density at radius 2 is 2.29 bits per heavy atom. The van der Waals surface area contributed by atoms with Gasteiger partial charge in [0, 0.05) is 17.1 Å². The number of nitrogens with one attached hydrogen (secondary N) is 1. The number of ether oxygens (including phenoxy) is 1. The molecule has 3 nitrogen and oxygen atoms in total. The third-order valence-electron chi connectivity index (χ3n) is 2.47. The van der Waals surface area contributed by atoms with E-state index in [9.17, 15) is 0 Å². The first-order chi connectivity index (χ1) is 8.04. The number of allylic oxidation sites excluding steroid dienone is 1. The molecule has 0 atom stereocenters. The first-order valence-corrected chi connectivity index (χ1v) is 6.70. The Balaban J connectivity index is 2.44. The van der Waals surface area contributed by atoms with Crippen molar-refractivity contribution < 1.29 is 4.74 Å². The Morgan fingerprint density at radius 1 is 1.59 bits per heavy atom. The average Bonchev–Trinajstić information content (AvgIpc) is 2.59. The van der Waals surface area contributed by atoms with E-state index in [1.54, 1.807) is 18.4 Å². The largest absolute Gasteiger partial charge is 0.500 e. The summed E-state index contributed by atoms with van der Waals surface area (Å²) in [6.07, 6.45) is 2.12. The maximum Gasteiger partial charge on any atom is 0.106 e. The molecule has 0 aromatic carbocycles. The Labute approximate surface area is 108 Å². The van der Waals surface area contributed by atoms with Gasteiger partial charge >= 0.3 is 0 Å². The zero-order valence-electron chi connectivity index (χ0n) is 11.0. The lowest BCUT2D eigenvalue weighted by Crippen LogP contribution is -2.17. The van der Waals surface area contributed by atoms with Gasteiger partial charge in [-0.1, -0.05) is 13.8 Å². The number of aryl methyl sites for hydroxylation is 1. The highest BCUT2D eigenvalue weighted by atomic mass is 32.1. The van der Waals surface area contributed by atoms with Gasteiger partial charge < -0.3 is 15.8 Å². The van der Waals surface area contributed by atoms with Crippen LogP contribution >= 0.6 is 11.3 Å². The molecular weight excluding hydrogens is 232 g/mol. The summed E-state index contributed by atoms with van der Waals surface area (Å²) < 4.78 is 5.31. The van der Waals surface area contributed by atoms with Crippen LogP contribution in [0, 0.1) is 12.8 Å². The second-order valence-electron chi connectivity index (χ2n) is 4.44. The summed E-state index contributed by atoms with van der Waals surface area (Å²) in [6.45, 7) is 7.85. The van der Waals surface area contributed by atoms with E-state index in [1.165, 1.54) is 4.88 Å². The Bertz CT molecular complexity index is 383. The van der Waals surface area contributed by atoms with Crippen LogP contribution in [0.3, 0.4) is 0 Å². The second-order valence-corrected chi connectivity index (χ2v) is 5.40. The van der Waals surface area contributed by atoms with Gasteiger partial charge in [-0.05, 0) is 29.9 Å². The predicted molar refractivity (Wildman–Crippen MR) is 75.1 cm³/mol. The number of nitrogen functional groups attached to an aromatic ring is 1. The number of nitrogens with two attached hydrogens (primary N) is 1. The third kappa shape index (κ3) is 4.40.